The Bertz CT molecular complexity index is 1130. The molecule has 1 unspecified atom stereocenters. The van der Waals surface area contributed by atoms with Crippen molar-refractivity contribution in [3.63, 3.8) is 0 Å². The fraction of sp³-hybridized carbons (Fsp3) is 0.803. The number of hydrogen-bond donors (Lipinski definition) is 0. The first-order valence-electron chi connectivity index (χ1n) is 28.8. The Morgan fingerprint density at radius 1 is 0.348 bits per heavy atom. The molecule has 0 bridgehead atoms. The quantitative estimate of drug-likeness (QED) is 0.0346. The number of esters is 2. The summed E-state index contributed by atoms with van der Waals surface area (Å²) in [5.74, 6) is -0.405. The van der Waals surface area contributed by atoms with Gasteiger partial charge in [0, 0.05) is 19.4 Å². The summed E-state index contributed by atoms with van der Waals surface area (Å²) in [4.78, 5) is 25.5. The molecule has 0 radical (unpaired) electrons. The van der Waals surface area contributed by atoms with E-state index in [9.17, 15) is 9.59 Å². The van der Waals surface area contributed by atoms with Crippen LogP contribution in [0.3, 0.4) is 0 Å². The van der Waals surface area contributed by atoms with Crippen LogP contribution in [-0.4, -0.2) is 37.9 Å². The van der Waals surface area contributed by atoms with Gasteiger partial charge in [-0.2, -0.15) is 0 Å². The molecule has 5 heteroatoms. The molecule has 0 aliphatic rings. The average Bonchev–Trinajstić information content (AvgIpc) is 3.32. The van der Waals surface area contributed by atoms with Crippen LogP contribution in [0.1, 0.15) is 290 Å². The number of unbranched alkanes of at least 4 members (excludes halogenated alkanes) is 32. The fourth-order valence-electron chi connectivity index (χ4n) is 8.26. The van der Waals surface area contributed by atoms with Crippen LogP contribution < -0.4 is 0 Å². The molecule has 0 amide bonds. The Hall–Kier alpha value is -2.40. The Kier molecular flexibility index (Phi) is 54.9. The van der Waals surface area contributed by atoms with Crippen molar-refractivity contribution in [2.45, 2.75) is 297 Å². The molecule has 1 atom stereocenters. The summed E-state index contributed by atoms with van der Waals surface area (Å²) in [5, 5.41) is 0. The topological polar surface area (TPSA) is 61.8 Å². The molecule has 384 valence electrons. The van der Waals surface area contributed by atoms with Crippen molar-refractivity contribution >= 4 is 11.9 Å². The lowest BCUT2D eigenvalue weighted by atomic mass is 10.0. The van der Waals surface area contributed by atoms with Gasteiger partial charge in [-0.3, -0.25) is 9.59 Å². The molecule has 0 spiro atoms. The number of allylic oxidation sites excluding steroid dienone is 10. The lowest BCUT2D eigenvalue weighted by Crippen LogP contribution is -2.30. The van der Waals surface area contributed by atoms with Crippen molar-refractivity contribution in [1.82, 2.24) is 0 Å². The highest BCUT2D eigenvalue weighted by molar-refractivity contribution is 5.70. The van der Waals surface area contributed by atoms with Gasteiger partial charge in [0.15, 0.2) is 6.10 Å². The smallest absolute Gasteiger partial charge is 0.306 e. The third kappa shape index (κ3) is 54.2. The van der Waals surface area contributed by atoms with Gasteiger partial charge >= 0.3 is 11.9 Å². The average molecular weight is 924 g/mol. The maximum absolute atomic E-state index is 12.8. The molecule has 0 aromatic carbocycles. The third-order valence-corrected chi connectivity index (χ3v) is 12.5. The van der Waals surface area contributed by atoms with Crippen molar-refractivity contribution in [2.24, 2.45) is 0 Å². The number of carbonyl (C=O) groups excluding carboxylic acids is 2. The molecule has 0 aliphatic carbocycles. The molecule has 0 fully saturated rings. The molecule has 0 N–H and O–H groups in total. The van der Waals surface area contributed by atoms with Gasteiger partial charge in [-0.15, -0.1) is 0 Å². The molecule has 0 rings (SSSR count). The lowest BCUT2D eigenvalue weighted by molar-refractivity contribution is -0.163. The van der Waals surface area contributed by atoms with Gasteiger partial charge in [0.1, 0.15) is 6.61 Å². The first-order chi connectivity index (χ1) is 32.6. The SMILES string of the molecule is CC/C=C\C/C=C\C/C=C\C/C=C\CCCCCCCOCC(COC(=O)CCCCCCCCCCCCCCCCCCCCC)OC(=O)CCCCCCC/C=C\CCCCCC. The molecule has 0 saturated carbocycles. The van der Waals surface area contributed by atoms with E-state index in [-0.39, 0.29) is 25.2 Å². The zero-order chi connectivity index (χ0) is 47.7. The first-order valence-corrected chi connectivity index (χ1v) is 28.8. The summed E-state index contributed by atoms with van der Waals surface area (Å²) in [6.45, 7) is 7.70. The maximum Gasteiger partial charge on any atom is 0.306 e. The van der Waals surface area contributed by atoms with Crippen LogP contribution in [0, 0.1) is 0 Å². The predicted molar refractivity (Wildman–Crippen MR) is 288 cm³/mol. The van der Waals surface area contributed by atoms with Gasteiger partial charge in [0.25, 0.3) is 0 Å². The highest BCUT2D eigenvalue weighted by Gasteiger charge is 2.17. The summed E-state index contributed by atoms with van der Waals surface area (Å²) in [5.41, 5.74) is 0. The van der Waals surface area contributed by atoms with Crippen LogP contribution in [0.4, 0.5) is 0 Å². The normalized spacial score (nSPS) is 12.6. The second-order valence-corrected chi connectivity index (χ2v) is 19.2. The second-order valence-electron chi connectivity index (χ2n) is 19.2. The van der Waals surface area contributed by atoms with E-state index in [2.05, 4.69) is 81.5 Å². The van der Waals surface area contributed by atoms with E-state index < -0.39 is 6.10 Å². The Labute approximate surface area is 411 Å². The van der Waals surface area contributed by atoms with E-state index >= 15 is 0 Å². The number of rotatable bonds is 53. The van der Waals surface area contributed by atoms with Gasteiger partial charge < -0.3 is 14.2 Å². The Morgan fingerprint density at radius 2 is 0.682 bits per heavy atom. The number of carbonyl (C=O) groups is 2. The molecule has 66 heavy (non-hydrogen) atoms. The first kappa shape index (κ1) is 63.6. The van der Waals surface area contributed by atoms with Gasteiger partial charge in [0.2, 0.25) is 0 Å². The highest BCUT2D eigenvalue weighted by atomic mass is 16.6. The van der Waals surface area contributed by atoms with E-state index in [1.165, 1.54) is 173 Å². The minimum atomic E-state index is -0.550. The monoisotopic (exact) mass is 923 g/mol. The second kappa shape index (κ2) is 56.9. The lowest BCUT2D eigenvalue weighted by Gasteiger charge is -2.18. The molecular weight excluding hydrogens is 813 g/mol. The van der Waals surface area contributed by atoms with Gasteiger partial charge in [0.05, 0.1) is 6.61 Å². The van der Waals surface area contributed by atoms with E-state index in [0.717, 1.165) is 83.5 Å². The van der Waals surface area contributed by atoms with E-state index in [0.29, 0.717) is 19.4 Å². The standard InChI is InChI=1S/C61H110O5/c1-4-7-10-13-16-19-22-25-27-29-31-32-34-37-39-42-45-48-51-54-60(62)65-58-59(66-61(63)55-52-49-46-43-40-36-24-21-18-15-12-9-6-3)57-64-56-53-50-47-44-41-38-35-33-30-28-26-23-20-17-14-11-8-5-2/h8,11,17,20-21,24,26,28,33,35,59H,4-7,9-10,12-16,18-19,22-23,25,27,29-32,34,36-58H2,1-3H3/b11-8-,20-17-,24-21-,28-26-,35-33-. The summed E-state index contributed by atoms with van der Waals surface area (Å²) < 4.78 is 17.5. The van der Waals surface area contributed by atoms with Crippen molar-refractivity contribution in [2.75, 3.05) is 19.8 Å². The number of hydrogen-bond acceptors (Lipinski definition) is 5. The summed E-state index contributed by atoms with van der Waals surface area (Å²) in [7, 11) is 0. The van der Waals surface area contributed by atoms with Gasteiger partial charge in [-0.05, 0) is 83.5 Å². The summed E-state index contributed by atoms with van der Waals surface area (Å²) >= 11 is 0. The minimum absolute atomic E-state index is 0.0765. The molecule has 0 saturated heterocycles. The maximum atomic E-state index is 12.8. The van der Waals surface area contributed by atoms with Crippen molar-refractivity contribution < 1.29 is 23.8 Å². The largest absolute Gasteiger partial charge is 0.462 e. The van der Waals surface area contributed by atoms with Gasteiger partial charge in [-0.25, -0.2) is 0 Å². The van der Waals surface area contributed by atoms with Gasteiger partial charge in [-0.1, -0.05) is 255 Å². The van der Waals surface area contributed by atoms with E-state index in [1.807, 2.05) is 0 Å². The van der Waals surface area contributed by atoms with Crippen molar-refractivity contribution in [3.8, 4) is 0 Å². The molecule has 0 aromatic rings. The molecule has 0 aromatic heterocycles. The van der Waals surface area contributed by atoms with Crippen molar-refractivity contribution in [3.05, 3.63) is 60.8 Å². The van der Waals surface area contributed by atoms with Crippen LogP contribution in [-0.2, 0) is 23.8 Å². The number of ether oxygens (including phenoxy) is 3. The zero-order valence-corrected chi connectivity index (χ0v) is 44.2. The van der Waals surface area contributed by atoms with Crippen LogP contribution in [0.25, 0.3) is 0 Å². The van der Waals surface area contributed by atoms with Crippen molar-refractivity contribution in [1.29, 1.82) is 0 Å². The Morgan fingerprint density at radius 3 is 1.12 bits per heavy atom. The fourth-order valence-corrected chi connectivity index (χ4v) is 8.26. The van der Waals surface area contributed by atoms with Crippen LogP contribution >= 0.6 is 0 Å². The summed E-state index contributed by atoms with van der Waals surface area (Å²) in [6.07, 6.45) is 72.4. The molecule has 5 nitrogen and oxygen atoms in total. The highest BCUT2D eigenvalue weighted by Crippen LogP contribution is 2.16. The predicted octanol–water partition coefficient (Wildman–Crippen LogP) is 19.7. The minimum Gasteiger partial charge on any atom is -0.462 e. The van der Waals surface area contributed by atoms with E-state index in [4.69, 9.17) is 14.2 Å². The third-order valence-electron chi connectivity index (χ3n) is 12.5. The summed E-state index contributed by atoms with van der Waals surface area (Å²) in [6, 6.07) is 0. The molecule has 0 heterocycles. The van der Waals surface area contributed by atoms with Crippen LogP contribution in [0.15, 0.2) is 60.8 Å². The zero-order valence-electron chi connectivity index (χ0n) is 44.2. The molecular formula is C61H110O5. The van der Waals surface area contributed by atoms with Crippen LogP contribution in [0.2, 0.25) is 0 Å². The van der Waals surface area contributed by atoms with E-state index in [1.54, 1.807) is 0 Å². The Balaban J connectivity index is 4.25. The molecule has 0 aliphatic heterocycles. The van der Waals surface area contributed by atoms with Crippen LogP contribution in [0.5, 0.6) is 0 Å².